The summed E-state index contributed by atoms with van der Waals surface area (Å²) in [6.45, 7) is 5.06. The number of hydrogen-bond acceptors (Lipinski definition) is 5. The predicted molar refractivity (Wildman–Crippen MR) is 95.1 cm³/mol. The molecule has 1 aromatic rings. The van der Waals surface area contributed by atoms with E-state index in [4.69, 9.17) is 9.47 Å². The highest BCUT2D eigenvalue weighted by molar-refractivity contribution is 14.1. The summed E-state index contributed by atoms with van der Waals surface area (Å²) in [7, 11) is 0. The number of carbonyl (C=O) groups excluding carboxylic acids is 3. The Balaban J connectivity index is 2.64. The maximum atomic E-state index is 12.8. The van der Waals surface area contributed by atoms with E-state index >= 15 is 0 Å². The first kappa shape index (κ1) is 18.7. The fraction of sp³-hybridized carbons (Fsp3) is 0.471. The molecule has 1 aliphatic rings. The highest BCUT2D eigenvalue weighted by atomic mass is 127. The lowest BCUT2D eigenvalue weighted by Crippen LogP contribution is -2.65. The number of carbonyl (C=O) groups is 3. The number of esters is 2. The summed E-state index contributed by atoms with van der Waals surface area (Å²) in [5, 5.41) is 0. The molecule has 2 rings (SSSR count). The number of rotatable bonds is 4. The number of fused-ring (bicyclic) bond motifs is 1. The number of hydrogen-bond donors (Lipinski definition) is 0. The molecule has 0 radical (unpaired) electrons. The zero-order valence-electron chi connectivity index (χ0n) is 13.9. The summed E-state index contributed by atoms with van der Waals surface area (Å²) in [5.74, 6) is -1.87. The van der Waals surface area contributed by atoms with E-state index in [0.29, 0.717) is 0 Å². The molecule has 6 nitrogen and oxygen atoms in total. The van der Waals surface area contributed by atoms with Crippen LogP contribution in [0.2, 0.25) is 0 Å². The van der Waals surface area contributed by atoms with E-state index in [9.17, 15) is 14.4 Å². The zero-order chi connectivity index (χ0) is 17.9. The molecule has 0 aliphatic carbocycles. The molecule has 0 saturated heterocycles. The van der Waals surface area contributed by atoms with Crippen LogP contribution in [-0.4, -0.2) is 41.5 Å². The van der Waals surface area contributed by atoms with Gasteiger partial charge in [-0.3, -0.25) is 4.79 Å². The van der Waals surface area contributed by atoms with Gasteiger partial charge >= 0.3 is 11.9 Å². The number of benzene rings is 1. The summed E-state index contributed by atoms with van der Waals surface area (Å²) < 4.78 is 11.2. The minimum atomic E-state index is -1.77. The van der Waals surface area contributed by atoms with Gasteiger partial charge in [-0.1, -0.05) is 12.1 Å². The Bertz CT molecular complexity index is 655. The van der Waals surface area contributed by atoms with Crippen LogP contribution >= 0.6 is 22.6 Å². The third kappa shape index (κ3) is 3.13. The van der Waals surface area contributed by atoms with E-state index in [0.717, 1.165) is 14.7 Å². The Morgan fingerprint density at radius 2 is 1.75 bits per heavy atom. The van der Waals surface area contributed by atoms with Gasteiger partial charge in [0.1, 0.15) is 0 Å². The predicted octanol–water partition coefficient (Wildman–Crippen LogP) is 2.06. The second kappa shape index (κ2) is 7.50. The topological polar surface area (TPSA) is 72.9 Å². The first-order chi connectivity index (χ1) is 11.4. The standard InChI is InChI=1S/C17H20INO5/c1-4-23-15(21)17(16(22)24-5-2)9-13-12(7-6-8-14(13)18)10-19(17)11(3)20/h6-8H,4-5,9-10H2,1-3H3. The van der Waals surface area contributed by atoms with Gasteiger partial charge in [-0.15, -0.1) is 0 Å². The Hall–Kier alpha value is -1.64. The van der Waals surface area contributed by atoms with Crippen molar-refractivity contribution in [1.29, 1.82) is 0 Å². The fourth-order valence-corrected chi connectivity index (χ4v) is 3.68. The summed E-state index contributed by atoms with van der Waals surface area (Å²) in [6, 6.07) is 5.69. The summed E-state index contributed by atoms with van der Waals surface area (Å²) >= 11 is 2.17. The molecule has 0 fully saturated rings. The number of amides is 1. The normalized spacial score (nSPS) is 15.4. The van der Waals surface area contributed by atoms with Crippen molar-refractivity contribution in [2.45, 2.75) is 39.3 Å². The van der Waals surface area contributed by atoms with Crippen molar-refractivity contribution < 1.29 is 23.9 Å². The number of halogens is 1. The van der Waals surface area contributed by atoms with Gasteiger partial charge < -0.3 is 14.4 Å². The van der Waals surface area contributed by atoms with Gasteiger partial charge in [-0.05, 0) is 53.6 Å². The molecule has 24 heavy (non-hydrogen) atoms. The van der Waals surface area contributed by atoms with Crippen LogP contribution in [0, 0.1) is 3.57 Å². The highest BCUT2D eigenvalue weighted by Crippen LogP contribution is 2.36. The van der Waals surface area contributed by atoms with Crippen LogP contribution in [0.15, 0.2) is 18.2 Å². The Morgan fingerprint density at radius 3 is 2.25 bits per heavy atom. The van der Waals surface area contributed by atoms with Crippen molar-refractivity contribution in [1.82, 2.24) is 4.90 Å². The van der Waals surface area contributed by atoms with Crippen LogP contribution in [0.25, 0.3) is 0 Å². The molecule has 1 aromatic carbocycles. The Labute approximate surface area is 154 Å². The molecule has 0 N–H and O–H groups in total. The van der Waals surface area contributed by atoms with Crippen molar-refractivity contribution >= 4 is 40.4 Å². The van der Waals surface area contributed by atoms with E-state index < -0.39 is 17.5 Å². The first-order valence-corrected chi connectivity index (χ1v) is 8.85. The largest absolute Gasteiger partial charge is 0.464 e. The third-order valence-corrected chi connectivity index (χ3v) is 5.05. The molecule has 1 heterocycles. The lowest BCUT2D eigenvalue weighted by molar-refractivity contribution is -0.180. The second-order valence-electron chi connectivity index (χ2n) is 5.46. The highest BCUT2D eigenvalue weighted by Gasteiger charge is 2.57. The first-order valence-electron chi connectivity index (χ1n) is 7.77. The number of nitrogens with zero attached hydrogens (tertiary/aromatic N) is 1. The Morgan fingerprint density at radius 1 is 1.17 bits per heavy atom. The third-order valence-electron chi connectivity index (χ3n) is 4.04. The molecule has 0 bridgehead atoms. The van der Waals surface area contributed by atoms with E-state index in [1.165, 1.54) is 11.8 Å². The van der Waals surface area contributed by atoms with E-state index in [-0.39, 0.29) is 32.1 Å². The van der Waals surface area contributed by atoms with Gasteiger partial charge in [0, 0.05) is 23.5 Å². The monoisotopic (exact) mass is 445 g/mol. The molecule has 0 saturated carbocycles. The molecule has 130 valence electrons. The molecule has 7 heteroatoms. The average molecular weight is 445 g/mol. The van der Waals surface area contributed by atoms with Crippen LogP contribution in [0.4, 0.5) is 0 Å². The molecular formula is C17H20INO5. The molecule has 0 atom stereocenters. The zero-order valence-corrected chi connectivity index (χ0v) is 16.1. The summed E-state index contributed by atoms with van der Waals surface area (Å²) in [5.41, 5.74) is 0.0181. The summed E-state index contributed by atoms with van der Waals surface area (Å²) in [6.07, 6.45) is 0.0543. The SMILES string of the molecule is CCOC(=O)C1(C(=O)OCC)Cc2c(I)cccc2CN1C(C)=O. The Kier molecular flexibility index (Phi) is 5.84. The maximum Gasteiger partial charge on any atom is 0.344 e. The number of ether oxygens (including phenoxy) is 2. The molecule has 1 amide bonds. The van der Waals surface area contributed by atoms with Crippen LogP contribution in [0.3, 0.4) is 0 Å². The van der Waals surface area contributed by atoms with Gasteiger partial charge in [-0.2, -0.15) is 0 Å². The molecule has 0 spiro atoms. The van der Waals surface area contributed by atoms with Crippen molar-refractivity contribution in [2.24, 2.45) is 0 Å². The molecule has 1 aliphatic heterocycles. The van der Waals surface area contributed by atoms with Crippen LogP contribution in [0.5, 0.6) is 0 Å². The van der Waals surface area contributed by atoms with Crippen molar-refractivity contribution in [3.8, 4) is 0 Å². The molecule has 0 unspecified atom stereocenters. The van der Waals surface area contributed by atoms with Crippen molar-refractivity contribution in [3.63, 3.8) is 0 Å². The molecule has 0 aromatic heterocycles. The van der Waals surface area contributed by atoms with E-state index in [1.807, 2.05) is 18.2 Å². The quantitative estimate of drug-likeness (QED) is 0.403. The van der Waals surface area contributed by atoms with E-state index in [2.05, 4.69) is 22.6 Å². The minimum absolute atomic E-state index is 0.0543. The van der Waals surface area contributed by atoms with Crippen LogP contribution < -0.4 is 0 Å². The smallest absolute Gasteiger partial charge is 0.344 e. The average Bonchev–Trinajstić information content (AvgIpc) is 2.54. The van der Waals surface area contributed by atoms with Crippen LogP contribution in [0.1, 0.15) is 31.9 Å². The van der Waals surface area contributed by atoms with E-state index in [1.54, 1.807) is 13.8 Å². The molecular weight excluding hydrogens is 425 g/mol. The van der Waals surface area contributed by atoms with Gasteiger partial charge in [0.2, 0.25) is 11.4 Å². The van der Waals surface area contributed by atoms with Gasteiger partial charge in [0.25, 0.3) is 0 Å². The van der Waals surface area contributed by atoms with Gasteiger partial charge in [0.05, 0.1) is 13.2 Å². The van der Waals surface area contributed by atoms with Crippen molar-refractivity contribution in [2.75, 3.05) is 13.2 Å². The maximum absolute atomic E-state index is 12.8. The van der Waals surface area contributed by atoms with Crippen LogP contribution in [-0.2, 0) is 36.8 Å². The minimum Gasteiger partial charge on any atom is -0.464 e. The summed E-state index contributed by atoms with van der Waals surface area (Å²) in [4.78, 5) is 39.0. The lowest BCUT2D eigenvalue weighted by Gasteiger charge is -2.43. The second-order valence-corrected chi connectivity index (χ2v) is 6.62. The van der Waals surface area contributed by atoms with Gasteiger partial charge in [0.15, 0.2) is 0 Å². The fourth-order valence-electron chi connectivity index (χ4n) is 2.94. The van der Waals surface area contributed by atoms with Crippen molar-refractivity contribution in [3.05, 3.63) is 32.9 Å². The lowest BCUT2D eigenvalue weighted by atomic mass is 9.82. The van der Waals surface area contributed by atoms with Gasteiger partial charge in [-0.25, -0.2) is 9.59 Å².